The maximum absolute atomic E-state index is 12.8. The van der Waals surface area contributed by atoms with Crippen molar-refractivity contribution in [2.24, 2.45) is 5.73 Å². The average Bonchev–Trinajstić information content (AvgIpc) is 3.27. The van der Waals surface area contributed by atoms with Gasteiger partial charge in [-0.25, -0.2) is 4.98 Å². The third-order valence-electron chi connectivity index (χ3n) is 6.26. The number of anilines is 3. The molecule has 2 aromatic rings. The summed E-state index contributed by atoms with van der Waals surface area (Å²) in [6.07, 6.45) is 7.23. The van der Waals surface area contributed by atoms with E-state index in [0.717, 1.165) is 42.0 Å². The predicted octanol–water partition coefficient (Wildman–Crippen LogP) is 2.95. The minimum Gasteiger partial charge on any atom is -0.370 e. The lowest BCUT2D eigenvalue weighted by Crippen LogP contribution is -2.54. The first-order valence-corrected chi connectivity index (χ1v) is 10.6. The predicted molar refractivity (Wildman–Crippen MR) is 119 cm³/mol. The third kappa shape index (κ3) is 3.84. The maximum atomic E-state index is 12.8. The van der Waals surface area contributed by atoms with Crippen LogP contribution in [0.15, 0.2) is 36.5 Å². The first kappa shape index (κ1) is 20.2. The summed E-state index contributed by atoms with van der Waals surface area (Å²) in [6, 6.07) is 9.68. The summed E-state index contributed by atoms with van der Waals surface area (Å²) in [5.41, 5.74) is 8.87. The van der Waals surface area contributed by atoms with Gasteiger partial charge in [0.2, 0.25) is 11.8 Å². The van der Waals surface area contributed by atoms with E-state index < -0.39 is 5.91 Å². The monoisotopic (exact) mass is 407 g/mol. The highest BCUT2D eigenvalue weighted by molar-refractivity contribution is 6.05. The molecule has 3 N–H and O–H groups in total. The van der Waals surface area contributed by atoms with Gasteiger partial charge in [0.1, 0.15) is 11.9 Å². The van der Waals surface area contributed by atoms with Crippen molar-refractivity contribution in [2.75, 3.05) is 28.7 Å². The molecule has 0 saturated heterocycles. The van der Waals surface area contributed by atoms with Crippen molar-refractivity contribution >= 4 is 29.0 Å². The lowest BCUT2D eigenvalue weighted by Gasteiger charge is -2.43. The zero-order chi connectivity index (χ0) is 21.3. The molecular weight excluding hydrogens is 378 g/mol. The van der Waals surface area contributed by atoms with Gasteiger partial charge in [0, 0.05) is 31.3 Å². The van der Waals surface area contributed by atoms with Crippen molar-refractivity contribution in [2.45, 2.75) is 51.1 Å². The Morgan fingerprint density at radius 2 is 2.00 bits per heavy atom. The van der Waals surface area contributed by atoms with Crippen LogP contribution in [0.4, 0.5) is 17.2 Å². The second-order valence-corrected chi connectivity index (χ2v) is 8.22. The van der Waals surface area contributed by atoms with Crippen molar-refractivity contribution in [3.8, 4) is 0 Å². The van der Waals surface area contributed by atoms with Crippen LogP contribution in [0, 0.1) is 0 Å². The lowest BCUT2D eigenvalue weighted by molar-refractivity contribution is -0.119. The van der Waals surface area contributed by atoms with Crippen LogP contribution < -0.4 is 20.9 Å². The molecule has 1 aromatic heterocycles. The lowest BCUT2D eigenvalue weighted by atomic mass is 10.0. The number of fused-ring (bicyclic) bond motifs is 1. The van der Waals surface area contributed by atoms with E-state index in [1.807, 2.05) is 32.2 Å². The number of carbonyl (C=O) groups is 2. The van der Waals surface area contributed by atoms with Gasteiger partial charge in [0.25, 0.3) is 0 Å². The zero-order valence-corrected chi connectivity index (χ0v) is 17.6. The Kier molecular flexibility index (Phi) is 5.61. The number of hydrogen-bond donors (Lipinski definition) is 2. The SMILES string of the molecule is CC1C(=O)N(C)c2cnc(NCCc3cccc(C(N)=O)c3)cc2N1C1CCCC1. The zero-order valence-electron chi connectivity index (χ0n) is 17.6. The van der Waals surface area contributed by atoms with Gasteiger partial charge in [-0.05, 0) is 43.9 Å². The third-order valence-corrected chi connectivity index (χ3v) is 6.26. The van der Waals surface area contributed by atoms with E-state index in [0.29, 0.717) is 18.2 Å². The molecule has 1 aliphatic heterocycles. The molecule has 1 aliphatic carbocycles. The average molecular weight is 408 g/mol. The van der Waals surface area contributed by atoms with E-state index in [2.05, 4.69) is 21.3 Å². The van der Waals surface area contributed by atoms with E-state index in [9.17, 15) is 9.59 Å². The molecule has 2 heterocycles. The molecular formula is C23H29N5O2. The Balaban J connectivity index is 1.51. The summed E-state index contributed by atoms with van der Waals surface area (Å²) < 4.78 is 0. The van der Waals surface area contributed by atoms with Crippen molar-refractivity contribution in [1.82, 2.24) is 4.98 Å². The number of nitrogens with one attached hydrogen (secondary N) is 1. The summed E-state index contributed by atoms with van der Waals surface area (Å²) in [4.78, 5) is 32.7. The van der Waals surface area contributed by atoms with Gasteiger partial charge in [-0.2, -0.15) is 0 Å². The second-order valence-electron chi connectivity index (χ2n) is 8.22. The van der Waals surface area contributed by atoms with Gasteiger partial charge in [-0.1, -0.05) is 25.0 Å². The molecule has 1 unspecified atom stereocenters. The number of aromatic nitrogens is 1. The van der Waals surface area contributed by atoms with Crippen LogP contribution in [0.1, 0.15) is 48.5 Å². The van der Waals surface area contributed by atoms with Gasteiger partial charge < -0.3 is 20.9 Å². The molecule has 30 heavy (non-hydrogen) atoms. The van der Waals surface area contributed by atoms with E-state index >= 15 is 0 Å². The Morgan fingerprint density at radius 1 is 1.23 bits per heavy atom. The molecule has 0 spiro atoms. The number of nitrogens with two attached hydrogens (primary N) is 1. The van der Waals surface area contributed by atoms with Crippen LogP contribution in [0.3, 0.4) is 0 Å². The number of nitrogens with zero attached hydrogens (tertiary/aromatic N) is 3. The molecule has 2 aliphatic rings. The number of carbonyl (C=O) groups excluding carboxylic acids is 2. The number of pyridine rings is 1. The molecule has 1 atom stereocenters. The molecule has 1 fully saturated rings. The van der Waals surface area contributed by atoms with Crippen molar-refractivity contribution in [3.63, 3.8) is 0 Å². The molecule has 158 valence electrons. The van der Waals surface area contributed by atoms with Gasteiger partial charge in [-0.3, -0.25) is 9.59 Å². The van der Waals surface area contributed by atoms with Gasteiger partial charge >= 0.3 is 0 Å². The number of rotatable bonds is 6. The number of likely N-dealkylation sites (N-methyl/N-ethyl adjacent to an activating group) is 1. The number of benzene rings is 1. The molecule has 7 nitrogen and oxygen atoms in total. The standard InChI is InChI=1S/C23H29N5O2/c1-15-23(30)27(2)20-14-26-21(13-19(20)28(15)18-8-3-4-9-18)25-11-10-16-6-5-7-17(12-16)22(24)29/h5-7,12-15,18H,3-4,8-11H2,1-2H3,(H2,24,29)(H,25,26). The molecule has 1 aromatic carbocycles. The van der Waals surface area contributed by atoms with Gasteiger partial charge in [0.15, 0.2) is 0 Å². The molecule has 0 radical (unpaired) electrons. The van der Waals surface area contributed by atoms with Crippen molar-refractivity contribution < 1.29 is 9.59 Å². The van der Waals surface area contributed by atoms with Crippen LogP contribution in [0.2, 0.25) is 0 Å². The highest BCUT2D eigenvalue weighted by atomic mass is 16.2. The van der Waals surface area contributed by atoms with E-state index in [4.69, 9.17) is 5.73 Å². The van der Waals surface area contributed by atoms with Crippen molar-refractivity contribution in [1.29, 1.82) is 0 Å². The number of amides is 2. The minimum absolute atomic E-state index is 0.117. The van der Waals surface area contributed by atoms with Crippen LogP contribution in [-0.2, 0) is 11.2 Å². The Hall–Kier alpha value is -3.09. The fourth-order valence-corrected chi connectivity index (χ4v) is 4.64. The van der Waals surface area contributed by atoms with Gasteiger partial charge in [-0.15, -0.1) is 0 Å². The Labute approximate surface area is 177 Å². The molecule has 1 saturated carbocycles. The molecule has 4 rings (SSSR count). The smallest absolute Gasteiger partial charge is 0.249 e. The largest absolute Gasteiger partial charge is 0.370 e. The summed E-state index contributed by atoms with van der Waals surface area (Å²) in [6.45, 7) is 2.68. The number of primary amides is 1. The van der Waals surface area contributed by atoms with E-state index in [1.54, 1.807) is 17.2 Å². The van der Waals surface area contributed by atoms with Gasteiger partial charge in [0.05, 0.1) is 17.6 Å². The second kappa shape index (κ2) is 8.34. The first-order valence-electron chi connectivity index (χ1n) is 10.6. The molecule has 2 amide bonds. The fraction of sp³-hybridized carbons (Fsp3) is 0.435. The highest BCUT2D eigenvalue weighted by Crippen LogP contribution is 2.40. The molecule has 7 heteroatoms. The Bertz CT molecular complexity index is 954. The van der Waals surface area contributed by atoms with Crippen LogP contribution in [0.25, 0.3) is 0 Å². The van der Waals surface area contributed by atoms with Crippen LogP contribution in [0.5, 0.6) is 0 Å². The number of hydrogen-bond acceptors (Lipinski definition) is 5. The van der Waals surface area contributed by atoms with Crippen LogP contribution in [-0.4, -0.2) is 42.5 Å². The normalized spacial score (nSPS) is 19.1. The summed E-state index contributed by atoms with van der Waals surface area (Å²) in [5, 5.41) is 3.39. The highest BCUT2D eigenvalue weighted by Gasteiger charge is 2.38. The first-order chi connectivity index (χ1) is 14.5. The summed E-state index contributed by atoms with van der Waals surface area (Å²) >= 11 is 0. The van der Waals surface area contributed by atoms with E-state index in [-0.39, 0.29) is 11.9 Å². The minimum atomic E-state index is -0.416. The summed E-state index contributed by atoms with van der Waals surface area (Å²) in [7, 11) is 1.82. The maximum Gasteiger partial charge on any atom is 0.249 e. The topological polar surface area (TPSA) is 91.6 Å². The Morgan fingerprint density at radius 3 is 2.73 bits per heavy atom. The summed E-state index contributed by atoms with van der Waals surface area (Å²) in [5.74, 6) is 0.491. The van der Waals surface area contributed by atoms with Crippen LogP contribution >= 0.6 is 0 Å². The quantitative estimate of drug-likeness (QED) is 0.768. The molecule has 0 bridgehead atoms. The fourth-order valence-electron chi connectivity index (χ4n) is 4.64. The van der Waals surface area contributed by atoms with Crippen molar-refractivity contribution in [3.05, 3.63) is 47.7 Å². The van der Waals surface area contributed by atoms with E-state index in [1.165, 1.54) is 12.8 Å².